The standard InChI is InChI=1S/C15H21N5OS/c1-11-2-3-13-17-18-14(20(13)5-4-11)12-10-22-15(16-12)19-6-8-21-9-7-19/h10-11H,2-9H2,1H3. The van der Waals surface area contributed by atoms with Gasteiger partial charge in [0.15, 0.2) is 11.0 Å². The molecule has 2 aromatic rings. The highest BCUT2D eigenvalue weighted by Crippen LogP contribution is 2.29. The van der Waals surface area contributed by atoms with Gasteiger partial charge in [-0.3, -0.25) is 0 Å². The van der Waals surface area contributed by atoms with Crippen LogP contribution >= 0.6 is 11.3 Å². The molecule has 22 heavy (non-hydrogen) atoms. The van der Waals surface area contributed by atoms with Gasteiger partial charge in [-0.15, -0.1) is 21.5 Å². The second-order valence-corrected chi connectivity index (χ2v) is 6.98. The van der Waals surface area contributed by atoms with Gasteiger partial charge in [-0.2, -0.15) is 0 Å². The van der Waals surface area contributed by atoms with Crippen molar-refractivity contribution in [2.75, 3.05) is 31.2 Å². The predicted octanol–water partition coefficient (Wildman–Crippen LogP) is 2.21. The minimum absolute atomic E-state index is 0.758. The van der Waals surface area contributed by atoms with Gasteiger partial charge in [0.1, 0.15) is 11.5 Å². The molecule has 1 atom stereocenters. The van der Waals surface area contributed by atoms with Crippen LogP contribution in [0, 0.1) is 5.92 Å². The summed E-state index contributed by atoms with van der Waals surface area (Å²) in [6.45, 7) is 6.73. The second-order valence-electron chi connectivity index (χ2n) is 6.14. The minimum Gasteiger partial charge on any atom is -0.378 e. The number of hydrogen-bond donors (Lipinski definition) is 0. The SMILES string of the molecule is CC1CCc2nnc(-c3csc(N4CCOCC4)n3)n2CC1. The van der Waals surface area contributed by atoms with Crippen molar-refractivity contribution in [3.05, 3.63) is 11.2 Å². The molecular formula is C15H21N5OS. The number of aromatic nitrogens is 4. The fourth-order valence-corrected chi connectivity index (χ4v) is 3.94. The summed E-state index contributed by atoms with van der Waals surface area (Å²) < 4.78 is 7.67. The Labute approximate surface area is 134 Å². The monoisotopic (exact) mass is 319 g/mol. The summed E-state index contributed by atoms with van der Waals surface area (Å²) in [6, 6.07) is 0. The number of aryl methyl sites for hydroxylation is 1. The van der Waals surface area contributed by atoms with E-state index in [-0.39, 0.29) is 0 Å². The first kappa shape index (κ1) is 14.1. The molecule has 2 aliphatic heterocycles. The summed E-state index contributed by atoms with van der Waals surface area (Å²) in [5.74, 6) is 2.80. The van der Waals surface area contributed by atoms with Crippen LogP contribution in [0.4, 0.5) is 5.13 Å². The highest BCUT2D eigenvalue weighted by molar-refractivity contribution is 7.14. The molecule has 1 unspecified atom stereocenters. The number of fused-ring (bicyclic) bond motifs is 1. The van der Waals surface area contributed by atoms with Crippen LogP contribution in [0.2, 0.25) is 0 Å². The smallest absolute Gasteiger partial charge is 0.186 e. The molecule has 0 radical (unpaired) electrons. The van der Waals surface area contributed by atoms with Gasteiger partial charge in [0.25, 0.3) is 0 Å². The summed E-state index contributed by atoms with van der Waals surface area (Å²) in [4.78, 5) is 7.09. The van der Waals surface area contributed by atoms with Gasteiger partial charge in [0.05, 0.1) is 13.2 Å². The molecule has 7 heteroatoms. The molecule has 4 rings (SSSR count). The fourth-order valence-electron chi connectivity index (χ4n) is 3.08. The van der Waals surface area contributed by atoms with E-state index < -0.39 is 0 Å². The van der Waals surface area contributed by atoms with E-state index in [9.17, 15) is 0 Å². The zero-order valence-corrected chi connectivity index (χ0v) is 13.7. The van der Waals surface area contributed by atoms with Crippen LogP contribution in [0.3, 0.4) is 0 Å². The maximum atomic E-state index is 5.41. The van der Waals surface area contributed by atoms with Crippen LogP contribution in [0.5, 0.6) is 0 Å². The number of thiazole rings is 1. The van der Waals surface area contributed by atoms with Crippen molar-refractivity contribution in [3.63, 3.8) is 0 Å². The number of rotatable bonds is 2. The first-order valence-corrected chi connectivity index (χ1v) is 8.90. The van der Waals surface area contributed by atoms with Crippen molar-refractivity contribution in [2.45, 2.75) is 32.7 Å². The van der Waals surface area contributed by atoms with Crippen LogP contribution in [0.25, 0.3) is 11.5 Å². The molecule has 2 aliphatic rings. The third-order valence-corrected chi connectivity index (χ3v) is 5.44. The second kappa shape index (κ2) is 5.96. The molecule has 118 valence electrons. The van der Waals surface area contributed by atoms with Gasteiger partial charge >= 0.3 is 0 Å². The molecule has 2 aromatic heterocycles. The lowest BCUT2D eigenvalue weighted by atomic mass is 10.0. The van der Waals surface area contributed by atoms with Gasteiger partial charge in [0.2, 0.25) is 0 Å². The Kier molecular flexibility index (Phi) is 3.83. The Morgan fingerprint density at radius 3 is 2.91 bits per heavy atom. The lowest BCUT2D eigenvalue weighted by molar-refractivity contribution is 0.122. The van der Waals surface area contributed by atoms with Gasteiger partial charge in [-0.05, 0) is 18.8 Å². The molecule has 0 bridgehead atoms. The molecule has 1 saturated heterocycles. The van der Waals surface area contributed by atoms with Crippen LogP contribution in [0.15, 0.2) is 5.38 Å². The third kappa shape index (κ3) is 2.63. The molecule has 0 spiro atoms. The van der Waals surface area contributed by atoms with E-state index in [0.29, 0.717) is 0 Å². The highest BCUT2D eigenvalue weighted by atomic mass is 32.1. The Morgan fingerprint density at radius 2 is 2.05 bits per heavy atom. The van der Waals surface area contributed by atoms with E-state index in [1.165, 1.54) is 12.8 Å². The summed E-state index contributed by atoms with van der Waals surface area (Å²) in [6.07, 6.45) is 3.42. The Bertz CT molecular complexity index is 646. The summed E-state index contributed by atoms with van der Waals surface area (Å²) in [5.41, 5.74) is 0.958. The number of ether oxygens (including phenoxy) is 1. The van der Waals surface area contributed by atoms with Crippen molar-refractivity contribution in [1.82, 2.24) is 19.7 Å². The lowest BCUT2D eigenvalue weighted by Crippen LogP contribution is -2.36. The molecule has 6 nitrogen and oxygen atoms in total. The van der Waals surface area contributed by atoms with E-state index in [4.69, 9.17) is 9.72 Å². The predicted molar refractivity (Wildman–Crippen MR) is 86.3 cm³/mol. The lowest BCUT2D eigenvalue weighted by Gasteiger charge is -2.25. The summed E-state index contributed by atoms with van der Waals surface area (Å²) in [5, 5.41) is 12.0. The average molecular weight is 319 g/mol. The highest BCUT2D eigenvalue weighted by Gasteiger charge is 2.22. The summed E-state index contributed by atoms with van der Waals surface area (Å²) >= 11 is 1.69. The van der Waals surface area contributed by atoms with Gasteiger partial charge < -0.3 is 14.2 Å². The Hall–Kier alpha value is -1.47. The number of anilines is 1. The average Bonchev–Trinajstić information content (AvgIpc) is 3.14. The topological polar surface area (TPSA) is 56.1 Å². The molecule has 0 saturated carbocycles. The largest absolute Gasteiger partial charge is 0.378 e. The van der Waals surface area contributed by atoms with Gasteiger partial charge in [-0.1, -0.05) is 6.92 Å². The molecule has 0 aliphatic carbocycles. The van der Waals surface area contributed by atoms with Crippen LogP contribution in [0.1, 0.15) is 25.6 Å². The minimum atomic E-state index is 0.758. The number of morpholine rings is 1. The van der Waals surface area contributed by atoms with Crippen LogP contribution in [-0.2, 0) is 17.7 Å². The van der Waals surface area contributed by atoms with E-state index >= 15 is 0 Å². The number of hydrogen-bond acceptors (Lipinski definition) is 6. The molecular weight excluding hydrogens is 298 g/mol. The molecule has 0 amide bonds. The normalized spacial score (nSPS) is 22.4. The molecule has 1 fully saturated rings. The Balaban J connectivity index is 1.60. The summed E-state index contributed by atoms with van der Waals surface area (Å²) in [7, 11) is 0. The first-order valence-electron chi connectivity index (χ1n) is 8.02. The molecule has 4 heterocycles. The maximum Gasteiger partial charge on any atom is 0.186 e. The van der Waals surface area contributed by atoms with E-state index in [2.05, 4.69) is 32.0 Å². The molecule has 0 N–H and O–H groups in total. The van der Waals surface area contributed by atoms with Crippen LogP contribution < -0.4 is 4.90 Å². The zero-order valence-electron chi connectivity index (χ0n) is 12.9. The quantitative estimate of drug-likeness (QED) is 0.849. The number of nitrogens with zero attached hydrogens (tertiary/aromatic N) is 5. The van der Waals surface area contributed by atoms with E-state index in [1.54, 1.807) is 11.3 Å². The van der Waals surface area contributed by atoms with Crippen molar-refractivity contribution in [3.8, 4) is 11.5 Å². The fraction of sp³-hybridized carbons (Fsp3) is 0.667. The van der Waals surface area contributed by atoms with Gasteiger partial charge in [0, 0.05) is 31.4 Å². The van der Waals surface area contributed by atoms with Crippen molar-refractivity contribution in [1.29, 1.82) is 0 Å². The maximum absolute atomic E-state index is 5.41. The van der Waals surface area contributed by atoms with Crippen LogP contribution in [-0.4, -0.2) is 46.1 Å². The van der Waals surface area contributed by atoms with E-state index in [1.807, 2.05) is 0 Å². The van der Waals surface area contributed by atoms with Crippen molar-refractivity contribution >= 4 is 16.5 Å². The zero-order chi connectivity index (χ0) is 14.9. The van der Waals surface area contributed by atoms with Crippen molar-refractivity contribution < 1.29 is 4.74 Å². The first-order chi connectivity index (χ1) is 10.8. The third-order valence-electron chi connectivity index (χ3n) is 4.54. The molecule has 0 aromatic carbocycles. The van der Waals surface area contributed by atoms with Gasteiger partial charge in [-0.25, -0.2) is 4.98 Å². The van der Waals surface area contributed by atoms with E-state index in [0.717, 1.165) is 67.7 Å². The van der Waals surface area contributed by atoms with Crippen molar-refractivity contribution in [2.24, 2.45) is 5.92 Å². The Morgan fingerprint density at radius 1 is 1.18 bits per heavy atom.